The van der Waals surface area contributed by atoms with E-state index in [0.29, 0.717) is 21.8 Å². The molecule has 1 heterocycles. The second-order valence-corrected chi connectivity index (χ2v) is 7.90. The first-order valence-corrected chi connectivity index (χ1v) is 10.9. The topological polar surface area (TPSA) is 107 Å². The molecule has 0 fully saturated rings. The molecular weight excluding hydrogens is 454 g/mol. The zero-order chi connectivity index (χ0) is 23.1. The molecule has 3 amide bonds. The molecule has 3 rings (SSSR count). The van der Waals surface area contributed by atoms with Gasteiger partial charge in [0.25, 0.3) is 0 Å². The highest BCUT2D eigenvalue weighted by Gasteiger charge is 2.18. The molecular formula is C21H22ClN5O4S. The molecule has 0 saturated carbocycles. The molecule has 0 aliphatic heterocycles. The molecule has 0 aliphatic carbocycles. The Kier molecular flexibility index (Phi) is 7.96. The van der Waals surface area contributed by atoms with Crippen molar-refractivity contribution in [2.24, 2.45) is 0 Å². The Morgan fingerprint density at radius 1 is 1.12 bits per heavy atom. The van der Waals surface area contributed by atoms with Gasteiger partial charge in [0.05, 0.1) is 18.6 Å². The van der Waals surface area contributed by atoms with E-state index in [0.717, 1.165) is 28.8 Å². The maximum absolute atomic E-state index is 12.0. The molecule has 0 saturated heterocycles. The summed E-state index contributed by atoms with van der Waals surface area (Å²) in [5.74, 6) is 1.41. The normalized spacial score (nSPS) is 10.5. The molecule has 0 aliphatic rings. The molecule has 2 aromatic carbocycles. The van der Waals surface area contributed by atoms with Crippen LogP contribution in [0.15, 0.2) is 47.6 Å². The Labute approximate surface area is 194 Å². The Hall–Kier alpha value is -3.24. The summed E-state index contributed by atoms with van der Waals surface area (Å²) in [7, 11) is 3.03. The molecule has 3 aromatic rings. The van der Waals surface area contributed by atoms with Gasteiger partial charge in [0, 0.05) is 12.1 Å². The molecule has 32 heavy (non-hydrogen) atoms. The number of hydrogen-bond donors (Lipinski definition) is 2. The minimum Gasteiger partial charge on any atom is -0.497 e. The third-order valence-corrected chi connectivity index (χ3v) is 5.69. The van der Waals surface area contributed by atoms with Crippen molar-refractivity contribution in [3.63, 3.8) is 0 Å². The highest BCUT2D eigenvalue weighted by Crippen LogP contribution is 2.26. The standard InChI is InChI=1S/C21H22ClN5O4S/c1-13-4-5-14(10-17(13)22)27-18(11-31-16-8-6-15(30-3)7-9-16)25-26-21(27)32-12-19(28)24-20(29)23-2/h4-10H,11-12H2,1-3H3,(H2,23,24,28,29). The molecule has 1 aromatic heterocycles. The van der Waals surface area contributed by atoms with E-state index >= 15 is 0 Å². The number of hydrogen-bond acceptors (Lipinski definition) is 7. The SMILES string of the molecule is CNC(=O)NC(=O)CSc1nnc(COc2ccc(OC)cc2)n1-c1ccc(C)c(Cl)c1. The smallest absolute Gasteiger partial charge is 0.321 e. The lowest BCUT2D eigenvalue weighted by Gasteiger charge is -2.12. The lowest BCUT2D eigenvalue weighted by molar-refractivity contribution is -0.117. The summed E-state index contributed by atoms with van der Waals surface area (Å²) in [6, 6.07) is 12.2. The molecule has 168 valence electrons. The van der Waals surface area contributed by atoms with Gasteiger partial charge in [0.1, 0.15) is 18.1 Å². The van der Waals surface area contributed by atoms with Crippen LogP contribution in [-0.4, -0.2) is 46.6 Å². The first-order chi connectivity index (χ1) is 15.4. The second-order valence-electron chi connectivity index (χ2n) is 6.55. The van der Waals surface area contributed by atoms with Gasteiger partial charge in [-0.05, 0) is 48.9 Å². The van der Waals surface area contributed by atoms with E-state index < -0.39 is 11.9 Å². The van der Waals surface area contributed by atoms with Gasteiger partial charge in [0.2, 0.25) is 5.91 Å². The van der Waals surface area contributed by atoms with E-state index in [1.54, 1.807) is 42.0 Å². The van der Waals surface area contributed by atoms with Crippen LogP contribution in [-0.2, 0) is 11.4 Å². The predicted octanol–water partition coefficient (Wildman–Crippen LogP) is 3.36. The third-order valence-electron chi connectivity index (χ3n) is 4.35. The highest BCUT2D eigenvalue weighted by atomic mass is 35.5. The van der Waals surface area contributed by atoms with Crippen LogP contribution >= 0.6 is 23.4 Å². The number of benzene rings is 2. The molecule has 11 heteroatoms. The van der Waals surface area contributed by atoms with Crippen LogP contribution < -0.4 is 20.1 Å². The minimum absolute atomic E-state index is 0.0233. The number of carbonyl (C=O) groups excluding carboxylic acids is 2. The number of aromatic nitrogens is 3. The molecule has 0 bridgehead atoms. The lowest BCUT2D eigenvalue weighted by atomic mass is 10.2. The van der Waals surface area contributed by atoms with E-state index in [-0.39, 0.29) is 12.4 Å². The summed E-state index contributed by atoms with van der Waals surface area (Å²) in [5, 5.41) is 14.0. The Morgan fingerprint density at radius 2 is 1.84 bits per heavy atom. The first kappa shape index (κ1) is 23.4. The fourth-order valence-electron chi connectivity index (χ4n) is 2.64. The number of rotatable bonds is 8. The zero-order valence-electron chi connectivity index (χ0n) is 17.7. The van der Waals surface area contributed by atoms with Crippen molar-refractivity contribution in [1.82, 2.24) is 25.4 Å². The fraction of sp³-hybridized carbons (Fsp3) is 0.238. The predicted molar refractivity (Wildman–Crippen MR) is 122 cm³/mol. The van der Waals surface area contributed by atoms with Gasteiger partial charge in [-0.15, -0.1) is 10.2 Å². The van der Waals surface area contributed by atoms with Gasteiger partial charge >= 0.3 is 6.03 Å². The van der Waals surface area contributed by atoms with Crippen LogP contribution in [0.3, 0.4) is 0 Å². The highest BCUT2D eigenvalue weighted by molar-refractivity contribution is 7.99. The number of nitrogens with zero attached hydrogens (tertiary/aromatic N) is 3. The van der Waals surface area contributed by atoms with E-state index in [9.17, 15) is 9.59 Å². The number of ether oxygens (including phenoxy) is 2. The van der Waals surface area contributed by atoms with E-state index in [1.807, 2.05) is 19.1 Å². The van der Waals surface area contributed by atoms with Gasteiger partial charge in [-0.2, -0.15) is 0 Å². The van der Waals surface area contributed by atoms with Crippen LogP contribution in [0.2, 0.25) is 5.02 Å². The number of amides is 3. The van der Waals surface area contributed by atoms with Gasteiger partial charge in [-0.3, -0.25) is 14.7 Å². The number of methoxy groups -OCH3 is 1. The molecule has 2 N–H and O–H groups in total. The van der Waals surface area contributed by atoms with Gasteiger partial charge < -0.3 is 14.8 Å². The first-order valence-electron chi connectivity index (χ1n) is 9.53. The average Bonchev–Trinajstić information content (AvgIpc) is 3.21. The van der Waals surface area contributed by atoms with Crippen LogP contribution in [0.5, 0.6) is 11.5 Å². The van der Waals surface area contributed by atoms with E-state index in [1.165, 1.54) is 7.05 Å². The summed E-state index contributed by atoms with van der Waals surface area (Å²) in [5.41, 5.74) is 1.66. The molecule has 0 spiro atoms. The molecule has 9 nitrogen and oxygen atoms in total. The zero-order valence-corrected chi connectivity index (χ0v) is 19.3. The summed E-state index contributed by atoms with van der Waals surface area (Å²) >= 11 is 7.47. The van der Waals surface area contributed by atoms with Crippen molar-refractivity contribution >= 4 is 35.3 Å². The quantitative estimate of drug-likeness (QED) is 0.481. The molecule has 0 unspecified atom stereocenters. The number of nitrogens with one attached hydrogen (secondary N) is 2. The summed E-state index contributed by atoms with van der Waals surface area (Å²) in [6.45, 7) is 2.04. The minimum atomic E-state index is -0.573. The largest absolute Gasteiger partial charge is 0.497 e. The van der Waals surface area contributed by atoms with Gasteiger partial charge in [-0.25, -0.2) is 4.79 Å². The molecule has 0 radical (unpaired) electrons. The van der Waals surface area contributed by atoms with Crippen molar-refractivity contribution in [1.29, 1.82) is 0 Å². The lowest BCUT2D eigenvalue weighted by Crippen LogP contribution is -2.38. The Bertz CT molecular complexity index is 1100. The maximum atomic E-state index is 12.0. The Balaban J connectivity index is 1.83. The Morgan fingerprint density at radius 3 is 2.50 bits per heavy atom. The van der Waals surface area contributed by atoms with Crippen molar-refractivity contribution in [2.75, 3.05) is 19.9 Å². The average molecular weight is 476 g/mol. The van der Waals surface area contributed by atoms with Crippen molar-refractivity contribution in [3.8, 4) is 17.2 Å². The van der Waals surface area contributed by atoms with Crippen LogP contribution in [0.4, 0.5) is 4.79 Å². The number of aryl methyl sites for hydroxylation is 1. The van der Waals surface area contributed by atoms with Crippen molar-refractivity contribution in [3.05, 3.63) is 58.9 Å². The number of thioether (sulfide) groups is 1. The van der Waals surface area contributed by atoms with Gasteiger partial charge in [0.15, 0.2) is 11.0 Å². The maximum Gasteiger partial charge on any atom is 0.321 e. The van der Waals surface area contributed by atoms with Crippen LogP contribution in [0.1, 0.15) is 11.4 Å². The second kappa shape index (κ2) is 10.9. The summed E-state index contributed by atoms with van der Waals surface area (Å²) in [6.07, 6.45) is 0. The summed E-state index contributed by atoms with van der Waals surface area (Å²) in [4.78, 5) is 23.3. The van der Waals surface area contributed by atoms with Gasteiger partial charge in [-0.1, -0.05) is 29.4 Å². The van der Waals surface area contributed by atoms with Crippen LogP contribution in [0.25, 0.3) is 5.69 Å². The number of carbonyl (C=O) groups is 2. The molecule has 0 atom stereocenters. The van der Waals surface area contributed by atoms with Crippen LogP contribution in [0, 0.1) is 6.92 Å². The van der Waals surface area contributed by atoms with Crippen molar-refractivity contribution in [2.45, 2.75) is 18.7 Å². The summed E-state index contributed by atoms with van der Waals surface area (Å²) < 4.78 is 12.8. The third kappa shape index (κ3) is 5.92. The number of urea groups is 1. The van der Waals surface area contributed by atoms with Crippen molar-refractivity contribution < 1.29 is 19.1 Å². The fourth-order valence-corrected chi connectivity index (χ4v) is 3.59. The number of halogens is 1. The monoisotopic (exact) mass is 475 g/mol. The number of imide groups is 1. The van der Waals surface area contributed by atoms with E-state index in [4.69, 9.17) is 21.1 Å². The van der Waals surface area contributed by atoms with E-state index in [2.05, 4.69) is 20.8 Å².